The standard InChI is InChI=1S/C16H10F2O/c17-11-6-7-14(18)13(9-11)16-12-4-2-1-3-10(12)5-8-15(16)19/h1-9,19H. The largest absolute Gasteiger partial charge is 0.507 e. The van der Waals surface area contributed by atoms with Crippen molar-refractivity contribution < 1.29 is 13.9 Å². The molecule has 0 radical (unpaired) electrons. The van der Waals surface area contributed by atoms with Gasteiger partial charge in [0.15, 0.2) is 0 Å². The van der Waals surface area contributed by atoms with Crippen LogP contribution in [0.2, 0.25) is 0 Å². The van der Waals surface area contributed by atoms with Crippen LogP contribution in [0.5, 0.6) is 5.75 Å². The van der Waals surface area contributed by atoms with Gasteiger partial charge in [-0.2, -0.15) is 0 Å². The molecule has 0 heterocycles. The molecular formula is C16H10F2O. The van der Waals surface area contributed by atoms with Gasteiger partial charge in [0.05, 0.1) is 0 Å². The fraction of sp³-hybridized carbons (Fsp3) is 0. The van der Waals surface area contributed by atoms with Gasteiger partial charge in [0.1, 0.15) is 17.4 Å². The van der Waals surface area contributed by atoms with E-state index in [1.807, 2.05) is 12.1 Å². The summed E-state index contributed by atoms with van der Waals surface area (Å²) in [4.78, 5) is 0. The fourth-order valence-corrected chi connectivity index (χ4v) is 2.23. The van der Waals surface area contributed by atoms with Crippen molar-refractivity contribution >= 4 is 10.8 Å². The Balaban J connectivity index is 2.41. The molecule has 0 amide bonds. The third-order valence-electron chi connectivity index (χ3n) is 3.10. The lowest BCUT2D eigenvalue weighted by Gasteiger charge is -2.10. The normalized spacial score (nSPS) is 10.8. The molecule has 3 aromatic carbocycles. The van der Waals surface area contributed by atoms with Crippen molar-refractivity contribution in [2.75, 3.05) is 0 Å². The van der Waals surface area contributed by atoms with Crippen molar-refractivity contribution in [3.63, 3.8) is 0 Å². The monoisotopic (exact) mass is 256 g/mol. The van der Waals surface area contributed by atoms with Gasteiger partial charge in [-0.05, 0) is 35.0 Å². The van der Waals surface area contributed by atoms with Crippen molar-refractivity contribution in [2.45, 2.75) is 0 Å². The number of benzene rings is 3. The van der Waals surface area contributed by atoms with Crippen LogP contribution in [0.25, 0.3) is 21.9 Å². The Morgan fingerprint density at radius 1 is 0.842 bits per heavy atom. The van der Waals surface area contributed by atoms with E-state index in [1.54, 1.807) is 18.2 Å². The van der Waals surface area contributed by atoms with Gasteiger partial charge in [0, 0.05) is 11.1 Å². The maximum absolute atomic E-state index is 13.9. The second-order valence-corrected chi connectivity index (χ2v) is 4.30. The Morgan fingerprint density at radius 2 is 1.63 bits per heavy atom. The van der Waals surface area contributed by atoms with Crippen LogP contribution in [0, 0.1) is 11.6 Å². The summed E-state index contributed by atoms with van der Waals surface area (Å²) in [6.45, 7) is 0. The number of hydrogen-bond acceptors (Lipinski definition) is 1. The Kier molecular flexibility index (Phi) is 2.67. The Hall–Kier alpha value is -2.42. The number of phenols is 1. The lowest BCUT2D eigenvalue weighted by molar-refractivity contribution is 0.477. The molecule has 0 aliphatic rings. The molecule has 3 heteroatoms. The molecule has 0 aliphatic carbocycles. The van der Waals surface area contributed by atoms with E-state index in [9.17, 15) is 13.9 Å². The fourth-order valence-electron chi connectivity index (χ4n) is 2.23. The zero-order valence-electron chi connectivity index (χ0n) is 9.90. The zero-order chi connectivity index (χ0) is 13.4. The molecule has 1 nitrogen and oxygen atoms in total. The topological polar surface area (TPSA) is 20.2 Å². The molecule has 0 fully saturated rings. The smallest absolute Gasteiger partial charge is 0.131 e. The Labute approximate surface area is 108 Å². The number of fused-ring (bicyclic) bond motifs is 1. The molecule has 3 aromatic rings. The van der Waals surface area contributed by atoms with E-state index in [2.05, 4.69) is 0 Å². The van der Waals surface area contributed by atoms with Gasteiger partial charge in [-0.1, -0.05) is 30.3 Å². The lowest BCUT2D eigenvalue weighted by atomic mass is 9.97. The quantitative estimate of drug-likeness (QED) is 0.680. The molecule has 19 heavy (non-hydrogen) atoms. The van der Waals surface area contributed by atoms with Gasteiger partial charge in [0.2, 0.25) is 0 Å². The van der Waals surface area contributed by atoms with Crippen LogP contribution < -0.4 is 0 Å². The van der Waals surface area contributed by atoms with Gasteiger partial charge in [-0.25, -0.2) is 8.78 Å². The Bertz CT molecular complexity index is 766. The minimum Gasteiger partial charge on any atom is -0.507 e. The van der Waals surface area contributed by atoms with Crippen molar-refractivity contribution in [3.05, 3.63) is 66.2 Å². The summed E-state index contributed by atoms with van der Waals surface area (Å²) in [5, 5.41) is 11.5. The molecule has 0 saturated heterocycles. The molecule has 0 unspecified atom stereocenters. The number of rotatable bonds is 1. The van der Waals surface area contributed by atoms with Crippen LogP contribution in [0.15, 0.2) is 54.6 Å². The predicted molar refractivity (Wildman–Crippen MR) is 71.0 cm³/mol. The maximum Gasteiger partial charge on any atom is 0.131 e. The molecular weight excluding hydrogens is 246 g/mol. The first-order valence-corrected chi connectivity index (χ1v) is 5.83. The first-order valence-electron chi connectivity index (χ1n) is 5.83. The highest BCUT2D eigenvalue weighted by Crippen LogP contribution is 2.37. The number of halogens is 2. The molecule has 1 N–H and O–H groups in total. The average molecular weight is 256 g/mol. The van der Waals surface area contributed by atoms with Crippen molar-refractivity contribution in [1.29, 1.82) is 0 Å². The van der Waals surface area contributed by atoms with Crippen molar-refractivity contribution in [1.82, 2.24) is 0 Å². The van der Waals surface area contributed by atoms with Crippen LogP contribution in [-0.4, -0.2) is 5.11 Å². The SMILES string of the molecule is Oc1ccc2ccccc2c1-c1cc(F)ccc1F. The van der Waals surface area contributed by atoms with E-state index in [0.29, 0.717) is 10.9 Å². The predicted octanol–water partition coefficient (Wildman–Crippen LogP) is 4.49. The second kappa shape index (κ2) is 4.35. The molecule has 94 valence electrons. The third kappa shape index (κ3) is 1.93. The molecule has 0 bridgehead atoms. The number of phenolic OH excluding ortho intramolecular Hbond substituents is 1. The zero-order valence-corrected chi connectivity index (χ0v) is 9.90. The van der Waals surface area contributed by atoms with E-state index < -0.39 is 11.6 Å². The van der Waals surface area contributed by atoms with E-state index >= 15 is 0 Å². The summed E-state index contributed by atoms with van der Waals surface area (Å²) < 4.78 is 27.2. The summed E-state index contributed by atoms with van der Waals surface area (Å²) >= 11 is 0. The second-order valence-electron chi connectivity index (χ2n) is 4.30. The molecule has 0 aromatic heterocycles. The van der Waals surface area contributed by atoms with E-state index in [0.717, 1.165) is 23.6 Å². The minimum absolute atomic E-state index is 0.0642. The molecule has 0 atom stereocenters. The average Bonchev–Trinajstić information content (AvgIpc) is 2.42. The van der Waals surface area contributed by atoms with Crippen molar-refractivity contribution in [2.24, 2.45) is 0 Å². The third-order valence-corrected chi connectivity index (χ3v) is 3.10. The van der Waals surface area contributed by atoms with E-state index in [-0.39, 0.29) is 11.3 Å². The van der Waals surface area contributed by atoms with Gasteiger partial charge in [0.25, 0.3) is 0 Å². The first kappa shape index (κ1) is 11.7. The summed E-state index contributed by atoms with van der Waals surface area (Å²) in [5.74, 6) is -1.17. The molecule has 0 spiro atoms. The summed E-state index contributed by atoms with van der Waals surface area (Å²) in [6, 6.07) is 13.7. The van der Waals surface area contributed by atoms with Crippen LogP contribution in [0.3, 0.4) is 0 Å². The molecule has 0 aliphatic heterocycles. The first-order chi connectivity index (χ1) is 9.16. The van der Waals surface area contributed by atoms with Gasteiger partial charge < -0.3 is 5.11 Å². The van der Waals surface area contributed by atoms with Crippen molar-refractivity contribution in [3.8, 4) is 16.9 Å². The van der Waals surface area contributed by atoms with E-state index in [4.69, 9.17) is 0 Å². The van der Waals surface area contributed by atoms with Gasteiger partial charge in [-0.3, -0.25) is 0 Å². The number of aromatic hydroxyl groups is 1. The molecule has 3 rings (SSSR count). The summed E-state index contributed by atoms with van der Waals surface area (Å²) in [5.41, 5.74) is 0.379. The summed E-state index contributed by atoms with van der Waals surface area (Å²) in [6.07, 6.45) is 0. The maximum atomic E-state index is 13.9. The van der Waals surface area contributed by atoms with Gasteiger partial charge >= 0.3 is 0 Å². The Morgan fingerprint density at radius 3 is 2.47 bits per heavy atom. The van der Waals surface area contributed by atoms with Crippen LogP contribution in [-0.2, 0) is 0 Å². The molecule has 0 saturated carbocycles. The summed E-state index contributed by atoms with van der Waals surface area (Å²) in [7, 11) is 0. The highest BCUT2D eigenvalue weighted by Gasteiger charge is 2.14. The van der Waals surface area contributed by atoms with Crippen LogP contribution in [0.4, 0.5) is 8.78 Å². The minimum atomic E-state index is -0.562. The van der Waals surface area contributed by atoms with Gasteiger partial charge in [-0.15, -0.1) is 0 Å². The van der Waals surface area contributed by atoms with E-state index in [1.165, 1.54) is 6.07 Å². The van der Waals surface area contributed by atoms with Crippen LogP contribution >= 0.6 is 0 Å². The highest BCUT2D eigenvalue weighted by atomic mass is 19.1. The number of hydrogen-bond donors (Lipinski definition) is 1. The lowest BCUT2D eigenvalue weighted by Crippen LogP contribution is -1.89. The van der Waals surface area contributed by atoms with Crippen LogP contribution in [0.1, 0.15) is 0 Å². The highest BCUT2D eigenvalue weighted by molar-refractivity contribution is 5.99.